The van der Waals surface area contributed by atoms with Gasteiger partial charge in [0.2, 0.25) is 5.82 Å². The summed E-state index contributed by atoms with van der Waals surface area (Å²) in [5, 5.41) is 12.1. The first-order chi connectivity index (χ1) is 14.4. The molecule has 0 aliphatic rings. The van der Waals surface area contributed by atoms with E-state index in [0.29, 0.717) is 16.5 Å². The number of anilines is 1. The minimum Gasteiger partial charge on any atom is -0.484 e. The molecule has 0 aliphatic carbocycles. The van der Waals surface area contributed by atoms with Crippen molar-refractivity contribution in [2.75, 3.05) is 12.0 Å². The zero-order chi connectivity index (χ0) is 21.5. The largest absolute Gasteiger partial charge is 0.484 e. The number of ether oxygens (including phenoxy) is 2. The van der Waals surface area contributed by atoms with Gasteiger partial charge in [-0.1, -0.05) is 29.8 Å². The van der Waals surface area contributed by atoms with Gasteiger partial charge in [-0.3, -0.25) is 25.8 Å². The molecular formula is C19H16ClN5O5. The van der Waals surface area contributed by atoms with E-state index in [0.717, 1.165) is 11.9 Å². The number of nitro groups is 1. The van der Waals surface area contributed by atoms with E-state index in [2.05, 4.69) is 20.8 Å². The summed E-state index contributed by atoms with van der Waals surface area (Å²) in [4.78, 5) is 30.4. The molecule has 10 nitrogen and oxygen atoms in total. The van der Waals surface area contributed by atoms with Gasteiger partial charge in [-0.25, -0.2) is 4.98 Å². The number of nitrogens with one attached hydrogen (secondary N) is 2. The van der Waals surface area contributed by atoms with Crippen LogP contribution in [0.3, 0.4) is 0 Å². The lowest BCUT2D eigenvalue weighted by Crippen LogP contribution is -2.34. The normalized spacial score (nSPS) is 10.2. The lowest BCUT2D eigenvalue weighted by Gasteiger charge is -2.11. The Morgan fingerprint density at radius 2 is 1.93 bits per heavy atom. The fourth-order valence-electron chi connectivity index (χ4n) is 2.32. The summed E-state index contributed by atoms with van der Waals surface area (Å²) in [6.45, 7) is 1.47. The molecule has 2 aromatic carbocycles. The van der Waals surface area contributed by atoms with Gasteiger partial charge in [0.1, 0.15) is 17.8 Å². The number of carbonyl (C=O) groups excluding carboxylic acids is 1. The van der Waals surface area contributed by atoms with Gasteiger partial charge < -0.3 is 9.47 Å². The first-order valence-corrected chi connectivity index (χ1v) is 8.98. The second kappa shape index (κ2) is 9.52. The number of benzene rings is 2. The summed E-state index contributed by atoms with van der Waals surface area (Å²) in [7, 11) is 0. The maximum absolute atomic E-state index is 12.0. The number of aryl methyl sites for hydroxylation is 1. The maximum atomic E-state index is 12.0. The van der Waals surface area contributed by atoms with E-state index in [-0.39, 0.29) is 18.3 Å². The van der Waals surface area contributed by atoms with Crippen molar-refractivity contribution in [3.63, 3.8) is 0 Å². The quantitative estimate of drug-likeness (QED) is 0.410. The Labute approximate surface area is 175 Å². The second-order valence-corrected chi connectivity index (χ2v) is 6.33. The zero-order valence-electron chi connectivity index (χ0n) is 15.7. The highest BCUT2D eigenvalue weighted by Gasteiger charge is 2.25. The van der Waals surface area contributed by atoms with Crippen LogP contribution in [0.4, 0.5) is 11.5 Å². The van der Waals surface area contributed by atoms with Crippen molar-refractivity contribution in [1.29, 1.82) is 0 Å². The van der Waals surface area contributed by atoms with Crippen LogP contribution in [-0.4, -0.2) is 27.4 Å². The summed E-state index contributed by atoms with van der Waals surface area (Å²) < 4.78 is 10.8. The average Bonchev–Trinajstić information content (AvgIpc) is 2.74. The number of aromatic nitrogens is 2. The molecule has 0 unspecified atom stereocenters. The van der Waals surface area contributed by atoms with E-state index in [1.54, 1.807) is 49.4 Å². The molecule has 0 saturated carbocycles. The number of amides is 1. The van der Waals surface area contributed by atoms with Gasteiger partial charge in [0, 0.05) is 5.02 Å². The van der Waals surface area contributed by atoms with E-state index in [4.69, 9.17) is 21.1 Å². The molecule has 3 rings (SSSR count). The summed E-state index contributed by atoms with van der Waals surface area (Å²) in [6.07, 6.45) is 1.07. The number of hydrazine groups is 1. The van der Waals surface area contributed by atoms with Gasteiger partial charge in [0.25, 0.3) is 5.91 Å². The number of carbonyl (C=O) groups is 1. The molecule has 1 heterocycles. The highest BCUT2D eigenvalue weighted by Crippen LogP contribution is 2.34. The predicted octanol–water partition coefficient (Wildman–Crippen LogP) is 3.66. The molecule has 0 aliphatic heterocycles. The van der Waals surface area contributed by atoms with E-state index < -0.39 is 16.5 Å². The number of para-hydroxylation sites is 1. The monoisotopic (exact) mass is 429 g/mol. The maximum Gasteiger partial charge on any atom is 0.374 e. The molecular weight excluding hydrogens is 414 g/mol. The topological polar surface area (TPSA) is 129 Å². The summed E-state index contributed by atoms with van der Waals surface area (Å²) in [5.41, 5.74) is 4.88. The first kappa shape index (κ1) is 20.8. The van der Waals surface area contributed by atoms with Gasteiger partial charge in [0.05, 0.1) is 4.92 Å². The third kappa shape index (κ3) is 5.32. The van der Waals surface area contributed by atoms with Gasteiger partial charge >= 0.3 is 11.6 Å². The molecule has 1 aromatic heterocycles. The Morgan fingerprint density at radius 1 is 1.17 bits per heavy atom. The summed E-state index contributed by atoms with van der Waals surface area (Å²) >= 11 is 5.98. The number of rotatable bonds is 8. The van der Waals surface area contributed by atoms with Crippen LogP contribution in [-0.2, 0) is 4.79 Å². The van der Waals surface area contributed by atoms with Crippen molar-refractivity contribution in [3.05, 3.63) is 75.6 Å². The molecule has 0 saturated heterocycles. The average molecular weight is 430 g/mol. The Kier molecular flexibility index (Phi) is 6.60. The molecule has 11 heteroatoms. The van der Waals surface area contributed by atoms with Crippen LogP contribution in [0, 0.1) is 17.0 Å². The highest BCUT2D eigenvalue weighted by atomic mass is 35.5. The minimum absolute atomic E-state index is 0.247. The molecule has 0 fully saturated rings. The Bertz CT molecular complexity index is 1060. The third-order valence-corrected chi connectivity index (χ3v) is 4.17. The molecule has 2 N–H and O–H groups in total. The van der Waals surface area contributed by atoms with Crippen molar-refractivity contribution in [2.45, 2.75) is 6.92 Å². The number of hydrogen-bond donors (Lipinski definition) is 2. The SMILES string of the molecule is Cc1cc(Oc2ncnc(NNC(=O)COc3ccccc3)c2[N+](=O)[O-])ccc1Cl. The number of hydrogen-bond acceptors (Lipinski definition) is 8. The molecule has 30 heavy (non-hydrogen) atoms. The standard InChI is InChI=1S/C19H16ClN5O5/c1-12-9-14(7-8-15(12)20)30-19-17(25(27)28)18(21-11-22-19)24-23-16(26)10-29-13-5-3-2-4-6-13/h2-9,11H,10H2,1H3,(H,23,26)(H,21,22,24). The molecule has 3 aromatic rings. The number of nitrogens with zero attached hydrogens (tertiary/aromatic N) is 3. The minimum atomic E-state index is -0.715. The van der Waals surface area contributed by atoms with Crippen LogP contribution in [0.1, 0.15) is 5.56 Å². The summed E-state index contributed by atoms with van der Waals surface area (Å²) in [5.74, 6) is -0.292. The molecule has 0 bridgehead atoms. The molecule has 0 spiro atoms. The zero-order valence-corrected chi connectivity index (χ0v) is 16.4. The van der Waals surface area contributed by atoms with E-state index in [1.807, 2.05) is 6.07 Å². The lowest BCUT2D eigenvalue weighted by molar-refractivity contribution is -0.385. The highest BCUT2D eigenvalue weighted by molar-refractivity contribution is 6.31. The van der Waals surface area contributed by atoms with Crippen LogP contribution in [0.2, 0.25) is 5.02 Å². The van der Waals surface area contributed by atoms with E-state index in [1.165, 1.54) is 0 Å². The van der Waals surface area contributed by atoms with Gasteiger partial charge in [-0.15, -0.1) is 0 Å². The fourth-order valence-corrected chi connectivity index (χ4v) is 2.43. The second-order valence-electron chi connectivity index (χ2n) is 5.92. The Hall–Kier alpha value is -3.92. The van der Waals surface area contributed by atoms with Crippen LogP contribution < -0.4 is 20.3 Å². The third-order valence-electron chi connectivity index (χ3n) is 3.75. The van der Waals surface area contributed by atoms with Gasteiger partial charge in [-0.05, 0) is 42.8 Å². The fraction of sp³-hybridized carbons (Fsp3) is 0.105. The Balaban J connectivity index is 1.70. The van der Waals surface area contributed by atoms with Crippen molar-refractivity contribution in [3.8, 4) is 17.4 Å². The first-order valence-electron chi connectivity index (χ1n) is 8.60. The van der Waals surface area contributed by atoms with Gasteiger partial charge in [0.15, 0.2) is 6.61 Å². The molecule has 0 radical (unpaired) electrons. The van der Waals surface area contributed by atoms with Crippen molar-refractivity contribution < 1.29 is 19.2 Å². The van der Waals surface area contributed by atoms with Crippen LogP contribution in [0.15, 0.2) is 54.9 Å². The Morgan fingerprint density at radius 3 is 2.63 bits per heavy atom. The van der Waals surface area contributed by atoms with Crippen LogP contribution >= 0.6 is 11.6 Å². The molecule has 0 atom stereocenters. The summed E-state index contributed by atoms with van der Waals surface area (Å²) in [6, 6.07) is 13.5. The van der Waals surface area contributed by atoms with E-state index in [9.17, 15) is 14.9 Å². The predicted molar refractivity (Wildman–Crippen MR) is 109 cm³/mol. The van der Waals surface area contributed by atoms with Crippen molar-refractivity contribution >= 4 is 29.0 Å². The van der Waals surface area contributed by atoms with Crippen molar-refractivity contribution in [1.82, 2.24) is 15.4 Å². The molecule has 154 valence electrons. The van der Waals surface area contributed by atoms with Crippen LogP contribution in [0.25, 0.3) is 0 Å². The van der Waals surface area contributed by atoms with Crippen LogP contribution in [0.5, 0.6) is 17.4 Å². The molecule has 1 amide bonds. The van der Waals surface area contributed by atoms with Crippen molar-refractivity contribution in [2.24, 2.45) is 0 Å². The van der Waals surface area contributed by atoms with Gasteiger partial charge in [-0.2, -0.15) is 4.98 Å². The smallest absolute Gasteiger partial charge is 0.374 e. The van der Waals surface area contributed by atoms with E-state index >= 15 is 0 Å². The number of halogens is 1. The lowest BCUT2D eigenvalue weighted by atomic mass is 10.2.